The molecule has 31 heavy (non-hydrogen) atoms. The average Bonchev–Trinajstić information content (AvgIpc) is 2.79. The SMILES string of the molecule is COCC1CCN(c2c(S(=O)(=O)c3cccc(C#N)c3)cnc3cc(F)ccc23)CC1. The lowest BCUT2D eigenvalue weighted by atomic mass is 9.97. The van der Waals surface area contributed by atoms with Crippen LogP contribution >= 0.6 is 0 Å². The quantitative estimate of drug-likeness (QED) is 0.599. The van der Waals surface area contributed by atoms with Crippen molar-refractivity contribution in [2.45, 2.75) is 22.6 Å². The van der Waals surface area contributed by atoms with E-state index in [0.29, 0.717) is 42.2 Å². The number of benzene rings is 2. The van der Waals surface area contributed by atoms with Gasteiger partial charge in [0.25, 0.3) is 0 Å². The van der Waals surface area contributed by atoms with Gasteiger partial charge in [-0.05, 0) is 49.1 Å². The van der Waals surface area contributed by atoms with Crippen molar-refractivity contribution in [3.05, 3.63) is 60.0 Å². The molecule has 8 heteroatoms. The first-order valence-electron chi connectivity index (χ1n) is 10.0. The summed E-state index contributed by atoms with van der Waals surface area (Å²) in [6, 6.07) is 12.1. The van der Waals surface area contributed by atoms with Gasteiger partial charge in [0.05, 0.1) is 27.7 Å². The zero-order valence-electron chi connectivity index (χ0n) is 17.1. The second-order valence-corrected chi connectivity index (χ2v) is 9.58. The Hall–Kier alpha value is -3.02. The van der Waals surface area contributed by atoms with E-state index in [4.69, 9.17) is 4.74 Å². The molecule has 0 spiro atoms. The highest BCUT2D eigenvalue weighted by Gasteiger charge is 2.29. The molecule has 1 aliphatic rings. The maximum absolute atomic E-state index is 13.8. The predicted molar refractivity (Wildman–Crippen MR) is 115 cm³/mol. The monoisotopic (exact) mass is 439 g/mol. The Morgan fingerprint density at radius 1 is 1.23 bits per heavy atom. The van der Waals surface area contributed by atoms with Gasteiger partial charge < -0.3 is 9.64 Å². The van der Waals surface area contributed by atoms with Crippen LogP contribution in [0.4, 0.5) is 10.1 Å². The van der Waals surface area contributed by atoms with Crippen LogP contribution in [0, 0.1) is 23.1 Å². The van der Waals surface area contributed by atoms with E-state index in [1.807, 2.05) is 11.0 Å². The molecule has 0 unspecified atom stereocenters. The van der Waals surface area contributed by atoms with Crippen LogP contribution in [0.25, 0.3) is 10.9 Å². The largest absolute Gasteiger partial charge is 0.384 e. The minimum Gasteiger partial charge on any atom is -0.384 e. The Bertz CT molecular complexity index is 1260. The fourth-order valence-electron chi connectivity index (χ4n) is 4.08. The predicted octanol–water partition coefficient (Wildman–Crippen LogP) is 3.94. The fourth-order valence-corrected chi connectivity index (χ4v) is 5.55. The van der Waals surface area contributed by atoms with Crippen LogP contribution in [0.15, 0.2) is 58.5 Å². The highest BCUT2D eigenvalue weighted by atomic mass is 32.2. The number of hydrogen-bond donors (Lipinski definition) is 0. The normalized spacial score (nSPS) is 15.2. The Kier molecular flexibility index (Phi) is 5.90. The molecule has 0 amide bonds. The third kappa shape index (κ3) is 4.11. The summed E-state index contributed by atoms with van der Waals surface area (Å²) in [4.78, 5) is 6.38. The van der Waals surface area contributed by atoms with Gasteiger partial charge >= 0.3 is 0 Å². The van der Waals surface area contributed by atoms with Crippen molar-refractivity contribution in [3.63, 3.8) is 0 Å². The van der Waals surface area contributed by atoms with Crippen molar-refractivity contribution in [2.24, 2.45) is 5.92 Å². The molecule has 0 atom stereocenters. The lowest BCUT2D eigenvalue weighted by Crippen LogP contribution is -2.36. The third-order valence-corrected chi connectivity index (χ3v) is 7.42. The van der Waals surface area contributed by atoms with Crippen molar-refractivity contribution >= 4 is 26.4 Å². The van der Waals surface area contributed by atoms with E-state index in [1.165, 1.54) is 30.5 Å². The van der Waals surface area contributed by atoms with E-state index >= 15 is 0 Å². The lowest BCUT2D eigenvalue weighted by molar-refractivity contribution is 0.139. The Labute approximate surface area is 180 Å². The average molecular weight is 440 g/mol. The van der Waals surface area contributed by atoms with Crippen molar-refractivity contribution < 1.29 is 17.5 Å². The number of aromatic nitrogens is 1. The molecule has 1 aromatic heterocycles. The first-order chi connectivity index (χ1) is 14.9. The minimum atomic E-state index is -3.95. The van der Waals surface area contributed by atoms with Crippen molar-refractivity contribution in [2.75, 3.05) is 31.7 Å². The Morgan fingerprint density at radius 2 is 2.00 bits per heavy atom. The molecule has 0 aliphatic carbocycles. The molecule has 3 aromatic rings. The lowest BCUT2D eigenvalue weighted by Gasteiger charge is -2.35. The van der Waals surface area contributed by atoms with Gasteiger partial charge in [0, 0.05) is 44.5 Å². The molecule has 1 saturated heterocycles. The molecule has 2 aromatic carbocycles. The van der Waals surface area contributed by atoms with Crippen LogP contribution in [-0.4, -0.2) is 40.2 Å². The number of pyridine rings is 1. The van der Waals surface area contributed by atoms with Crippen molar-refractivity contribution in [3.8, 4) is 6.07 Å². The molecule has 1 fully saturated rings. The van der Waals surface area contributed by atoms with E-state index < -0.39 is 15.7 Å². The van der Waals surface area contributed by atoms with Gasteiger partial charge in [0.15, 0.2) is 0 Å². The molecule has 0 saturated carbocycles. The van der Waals surface area contributed by atoms with Crippen LogP contribution in [0.1, 0.15) is 18.4 Å². The standard InChI is InChI=1S/C23H22FN3O3S/c1-30-15-16-7-9-27(10-8-16)23-20-6-5-18(24)12-21(20)26-14-22(23)31(28,29)19-4-2-3-17(11-19)13-25/h2-6,11-12,14,16H,7-10,15H2,1H3. The maximum Gasteiger partial charge on any atom is 0.210 e. The summed E-state index contributed by atoms with van der Waals surface area (Å²) >= 11 is 0. The number of sulfone groups is 1. The Morgan fingerprint density at radius 3 is 2.71 bits per heavy atom. The number of fused-ring (bicyclic) bond motifs is 1. The number of nitrogens with zero attached hydrogens (tertiary/aromatic N) is 3. The van der Waals surface area contributed by atoms with Gasteiger partial charge in [0.2, 0.25) is 9.84 Å². The van der Waals surface area contributed by atoms with E-state index in [0.717, 1.165) is 12.8 Å². The zero-order chi connectivity index (χ0) is 22.0. The molecule has 0 N–H and O–H groups in total. The highest BCUT2D eigenvalue weighted by Crippen LogP contribution is 2.38. The summed E-state index contributed by atoms with van der Waals surface area (Å²) in [5.41, 5.74) is 1.20. The summed E-state index contributed by atoms with van der Waals surface area (Å²) < 4.78 is 46.2. The summed E-state index contributed by atoms with van der Waals surface area (Å²) in [6.45, 7) is 1.98. The van der Waals surface area contributed by atoms with Gasteiger partial charge in [-0.2, -0.15) is 5.26 Å². The number of hydrogen-bond acceptors (Lipinski definition) is 6. The number of rotatable bonds is 5. The maximum atomic E-state index is 13.8. The number of anilines is 1. The molecule has 6 nitrogen and oxygen atoms in total. The summed E-state index contributed by atoms with van der Waals surface area (Å²) in [7, 11) is -2.27. The Balaban J connectivity index is 1.86. The van der Waals surface area contributed by atoms with E-state index in [2.05, 4.69) is 4.98 Å². The summed E-state index contributed by atoms with van der Waals surface area (Å²) in [5, 5.41) is 9.77. The number of ether oxygens (including phenoxy) is 1. The number of halogens is 1. The van der Waals surface area contributed by atoms with Gasteiger partial charge in [0.1, 0.15) is 10.7 Å². The summed E-state index contributed by atoms with van der Waals surface area (Å²) in [5.74, 6) is -0.0127. The van der Waals surface area contributed by atoms with Crippen LogP contribution in [0.5, 0.6) is 0 Å². The molecule has 1 aliphatic heterocycles. The van der Waals surface area contributed by atoms with Crippen molar-refractivity contribution in [1.82, 2.24) is 4.98 Å². The molecule has 2 heterocycles. The first kappa shape index (κ1) is 21.2. The number of nitriles is 1. The van der Waals surface area contributed by atoms with Gasteiger partial charge in [-0.3, -0.25) is 4.98 Å². The van der Waals surface area contributed by atoms with Crippen LogP contribution in [-0.2, 0) is 14.6 Å². The molecule has 4 rings (SSSR count). The third-order valence-electron chi connectivity index (χ3n) is 5.67. The van der Waals surface area contributed by atoms with E-state index in [9.17, 15) is 18.1 Å². The number of piperidine rings is 1. The highest BCUT2D eigenvalue weighted by molar-refractivity contribution is 7.91. The summed E-state index contributed by atoms with van der Waals surface area (Å²) in [6.07, 6.45) is 3.03. The second kappa shape index (κ2) is 8.61. The smallest absolute Gasteiger partial charge is 0.210 e. The molecular formula is C23H22FN3O3S. The van der Waals surface area contributed by atoms with E-state index in [1.54, 1.807) is 25.3 Å². The van der Waals surface area contributed by atoms with Crippen LogP contribution in [0.3, 0.4) is 0 Å². The fraction of sp³-hybridized carbons (Fsp3) is 0.304. The van der Waals surface area contributed by atoms with Crippen molar-refractivity contribution in [1.29, 1.82) is 5.26 Å². The van der Waals surface area contributed by atoms with Gasteiger partial charge in [-0.25, -0.2) is 12.8 Å². The first-order valence-corrected chi connectivity index (χ1v) is 11.5. The van der Waals surface area contributed by atoms with E-state index in [-0.39, 0.29) is 15.4 Å². The van der Waals surface area contributed by atoms with Gasteiger partial charge in [-0.15, -0.1) is 0 Å². The molecule has 160 valence electrons. The van der Waals surface area contributed by atoms with Crippen LogP contribution < -0.4 is 4.90 Å². The molecule has 0 bridgehead atoms. The zero-order valence-corrected chi connectivity index (χ0v) is 17.9. The van der Waals surface area contributed by atoms with Crippen LogP contribution in [0.2, 0.25) is 0 Å². The molecule has 0 radical (unpaired) electrons. The number of methoxy groups -OCH3 is 1. The topological polar surface area (TPSA) is 83.3 Å². The van der Waals surface area contributed by atoms with Gasteiger partial charge in [-0.1, -0.05) is 6.07 Å². The second-order valence-electron chi connectivity index (χ2n) is 7.66. The molecular weight excluding hydrogens is 417 g/mol. The minimum absolute atomic E-state index is 0.0327.